The molecule has 0 radical (unpaired) electrons. The second-order valence-electron chi connectivity index (χ2n) is 5.19. The maximum Gasteiger partial charge on any atom is 0.162 e. The summed E-state index contributed by atoms with van der Waals surface area (Å²) in [7, 11) is 0. The van der Waals surface area contributed by atoms with Crippen LogP contribution in [-0.4, -0.2) is 12.6 Å². The molecule has 0 heterocycles. The summed E-state index contributed by atoms with van der Waals surface area (Å²) in [4.78, 5) is 0. The summed E-state index contributed by atoms with van der Waals surface area (Å²) in [6.45, 7) is 2.92. The maximum absolute atomic E-state index is 13.6. The molecule has 0 aromatic heterocycles. The lowest BCUT2D eigenvalue weighted by Gasteiger charge is -2.18. The van der Waals surface area contributed by atoms with Gasteiger partial charge in [0.1, 0.15) is 0 Å². The molecule has 0 spiro atoms. The summed E-state index contributed by atoms with van der Waals surface area (Å²) in [6.07, 6.45) is 5.51. The highest BCUT2D eigenvalue weighted by molar-refractivity contribution is 5.20. The van der Waals surface area contributed by atoms with Gasteiger partial charge in [-0.3, -0.25) is 0 Å². The summed E-state index contributed by atoms with van der Waals surface area (Å²) in [5.74, 6) is -0.555. The number of halogens is 2. The van der Waals surface area contributed by atoms with Gasteiger partial charge in [0.2, 0.25) is 0 Å². The Balaban J connectivity index is 1.95. The lowest BCUT2D eigenvalue weighted by Crippen LogP contribution is -2.31. The van der Waals surface area contributed by atoms with Crippen LogP contribution in [0.5, 0.6) is 0 Å². The highest BCUT2D eigenvalue weighted by Crippen LogP contribution is 2.34. The van der Waals surface area contributed by atoms with E-state index in [1.54, 1.807) is 12.1 Å². The van der Waals surface area contributed by atoms with Gasteiger partial charge in [0, 0.05) is 6.04 Å². The lowest BCUT2D eigenvalue weighted by atomic mass is 10.00. The minimum absolute atomic E-state index is 0.256. The topological polar surface area (TPSA) is 12.0 Å². The molecule has 1 aliphatic rings. The van der Waals surface area contributed by atoms with E-state index in [1.165, 1.54) is 25.3 Å². The van der Waals surface area contributed by atoms with Gasteiger partial charge in [0.05, 0.1) is 0 Å². The van der Waals surface area contributed by atoms with E-state index in [4.69, 9.17) is 0 Å². The van der Waals surface area contributed by atoms with Crippen molar-refractivity contribution in [1.29, 1.82) is 0 Å². The Morgan fingerprint density at radius 3 is 2.78 bits per heavy atom. The molecule has 1 unspecified atom stereocenters. The molecule has 18 heavy (non-hydrogen) atoms. The largest absolute Gasteiger partial charge is 0.314 e. The Bertz CT molecular complexity index is 388. The molecular weight excluding hydrogens is 232 g/mol. The average molecular weight is 253 g/mol. The van der Waals surface area contributed by atoms with Crippen molar-refractivity contribution in [3.05, 3.63) is 35.4 Å². The second-order valence-corrected chi connectivity index (χ2v) is 5.19. The number of likely N-dealkylation sites (N-methyl/N-ethyl adjacent to an activating group) is 1. The van der Waals surface area contributed by atoms with Crippen LogP contribution in [0.2, 0.25) is 0 Å². The number of hydrogen-bond acceptors (Lipinski definition) is 1. The number of benzene rings is 1. The van der Waals surface area contributed by atoms with Crippen LogP contribution in [0.3, 0.4) is 0 Å². The van der Waals surface area contributed by atoms with E-state index >= 15 is 0 Å². The van der Waals surface area contributed by atoms with Gasteiger partial charge in [0.15, 0.2) is 11.6 Å². The van der Waals surface area contributed by atoms with Crippen molar-refractivity contribution in [1.82, 2.24) is 5.32 Å². The van der Waals surface area contributed by atoms with Crippen molar-refractivity contribution < 1.29 is 8.78 Å². The molecule has 1 atom stereocenters. The molecule has 1 fully saturated rings. The number of hydrogen-bond donors (Lipinski definition) is 1. The first-order valence-electron chi connectivity index (χ1n) is 6.87. The molecule has 1 saturated carbocycles. The SMILES string of the molecule is CCNC(CCC1CC1)Cc1cccc(F)c1F. The highest BCUT2D eigenvalue weighted by Gasteiger charge is 2.23. The third kappa shape index (κ3) is 3.77. The van der Waals surface area contributed by atoms with Crippen LogP contribution in [0.15, 0.2) is 18.2 Å². The van der Waals surface area contributed by atoms with E-state index in [0.717, 1.165) is 18.9 Å². The minimum atomic E-state index is -0.745. The molecule has 1 N–H and O–H groups in total. The molecule has 1 nitrogen and oxygen atoms in total. The zero-order valence-electron chi connectivity index (χ0n) is 10.9. The second kappa shape index (κ2) is 6.28. The van der Waals surface area contributed by atoms with Gasteiger partial charge in [-0.25, -0.2) is 8.78 Å². The number of rotatable bonds is 7. The monoisotopic (exact) mass is 253 g/mol. The maximum atomic E-state index is 13.6. The van der Waals surface area contributed by atoms with E-state index in [0.29, 0.717) is 12.0 Å². The van der Waals surface area contributed by atoms with E-state index < -0.39 is 11.6 Å². The van der Waals surface area contributed by atoms with Gasteiger partial charge >= 0.3 is 0 Å². The number of nitrogens with one attached hydrogen (secondary N) is 1. The molecule has 1 aliphatic carbocycles. The van der Waals surface area contributed by atoms with Crippen LogP contribution < -0.4 is 5.32 Å². The van der Waals surface area contributed by atoms with Crippen molar-refractivity contribution in [3.8, 4) is 0 Å². The van der Waals surface area contributed by atoms with Crippen LogP contribution in [0.4, 0.5) is 8.78 Å². The molecule has 1 aromatic rings. The third-order valence-electron chi connectivity index (χ3n) is 3.61. The molecule has 2 rings (SSSR count). The fourth-order valence-corrected chi connectivity index (χ4v) is 2.38. The van der Waals surface area contributed by atoms with Crippen molar-refractivity contribution >= 4 is 0 Å². The van der Waals surface area contributed by atoms with Gasteiger partial charge in [-0.05, 0) is 43.4 Å². The average Bonchev–Trinajstić information content (AvgIpc) is 3.16. The first kappa shape index (κ1) is 13.5. The predicted molar refractivity (Wildman–Crippen MR) is 69.5 cm³/mol. The quantitative estimate of drug-likeness (QED) is 0.781. The van der Waals surface area contributed by atoms with Crippen molar-refractivity contribution in [3.63, 3.8) is 0 Å². The lowest BCUT2D eigenvalue weighted by molar-refractivity contribution is 0.444. The molecule has 0 aliphatic heterocycles. The van der Waals surface area contributed by atoms with Gasteiger partial charge in [-0.2, -0.15) is 0 Å². The minimum Gasteiger partial charge on any atom is -0.314 e. The molecule has 0 saturated heterocycles. The van der Waals surface area contributed by atoms with Gasteiger partial charge in [0.25, 0.3) is 0 Å². The van der Waals surface area contributed by atoms with Crippen LogP contribution in [-0.2, 0) is 6.42 Å². The summed E-state index contributed by atoms with van der Waals surface area (Å²) < 4.78 is 26.8. The van der Waals surface area contributed by atoms with Crippen LogP contribution in [0, 0.1) is 17.6 Å². The van der Waals surface area contributed by atoms with Crippen LogP contribution >= 0.6 is 0 Å². The predicted octanol–water partition coefficient (Wildman–Crippen LogP) is 3.68. The molecular formula is C15H21F2N. The Kier molecular flexibility index (Phi) is 4.70. The Morgan fingerprint density at radius 2 is 2.11 bits per heavy atom. The van der Waals surface area contributed by atoms with Crippen molar-refractivity contribution in [2.75, 3.05) is 6.54 Å². The fourth-order valence-electron chi connectivity index (χ4n) is 2.38. The summed E-state index contributed by atoms with van der Waals surface area (Å²) in [5, 5.41) is 3.37. The van der Waals surface area contributed by atoms with Crippen LogP contribution in [0.25, 0.3) is 0 Å². The molecule has 0 bridgehead atoms. The first-order chi connectivity index (χ1) is 8.70. The summed E-state index contributed by atoms with van der Waals surface area (Å²) in [6, 6.07) is 4.69. The first-order valence-corrected chi connectivity index (χ1v) is 6.87. The smallest absolute Gasteiger partial charge is 0.162 e. The van der Waals surface area contributed by atoms with E-state index in [-0.39, 0.29) is 6.04 Å². The van der Waals surface area contributed by atoms with Crippen molar-refractivity contribution in [2.45, 2.75) is 45.1 Å². The Hall–Kier alpha value is -0.960. The van der Waals surface area contributed by atoms with E-state index in [1.807, 2.05) is 6.92 Å². The third-order valence-corrected chi connectivity index (χ3v) is 3.61. The van der Waals surface area contributed by atoms with E-state index in [2.05, 4.69) is 5.32 Å². The summed E-state index contributed by atoms with van der Waals surface area (Å²) >= 11 is 0. The van der Waals surface area contributed by atoms with Gasteiger partial charge in [-0.1, -0.05) is 31.9 Å². The summed E-state index contributed by atoms with van der Waals surface area (Å²) in [5.41, 5.74) is 0.483. The molecule has 100 valence electrons. The Labute approximate surface area is 108 Å². The zero-order chi connectivity index (χ0) is 13.0. The fraction of sp³-hybridized carbons (Fsp3) is 0.600. The van der Waals surface area contributed by atoms with Gasteiger partial charge < -0.3 is 5.32 Å². The van der Waals surface area contributed by atoms with Gasteiger partial charge in [-0.15, -0.1) is 0 Å². The zero-order valence-corrected chi connectivity index (χ0v) is 10.9. The standard InChI is InChI=1S/C15H21F2N/c1-2-18-13(9-8-11-6-7-11)10-12-4-3-5-14(16)15(12)17/h3-5,11,13,18H,2,6-10H2,1H3. The molecule has 3 heteroatoms. The molecule has 1 aromatic carbocycles. The molecule has 0 amide bonds. The van der Waals surface area contributed by atoms with Crippen molar-refractivity contribution in [2.24, 2.45) is 5.92 Å². The Morgan fingerprint density at radius 1 is 1.33 bits per heavy atom. The normalized spacial score (nSPS) is 16.8. The van der Waals surface area contributed by atoms with Crippen LogP contribution in [0.1, 0.15) is 38.2 Å². The highest BCUT2D eigenvalue weighted by atomic mass is 19.2. The van der Waals surface area contributed by atoms with E-state index in [9.17, 15) is 8.78 Å².